The number of aliphatic hydroxyl groups is 4. The Morgan fingerprint density at radius 2 is 1.20 bits per heavy atom. The Labute approximate surface area is 87.8 Å². The van der Waals surface area contributed by atoms with Gasteiger partial charge in [0.05, 0.1) is 26.4 Å². The molecule has 0 aliphatic heterocycles. The molecule has 0 fully saturated rings. The van der Waals surface area contributed by atoms with Crippen LogP contribution >= 0.6 is 7.60 Å². The third kappa shape index (κ3) is 6.21. The molecule has 0 aromatic rings. The van der Waals surface area contributed by atoms with Gasteiger partial charge in [0, 0.05) is 6.66 Å². The van der Waals surface area contributed by atoms with E-state index in [0.29, 0.717) is 0 Å². The lowest BCUT2D eigenvalue weighted by molar-refractivity contribution is 0.0166. The lowest BCUT2D eigenvalue weighted by atomic mass is 10.4. The van der Waals surface area contributed by atoms with Crippen LogP contribution in [0.4, 0.5) is 0 Å². The summed E-state index contributed by atoms with van der Waals surface area (Å²) in [6.45, 7) is -0.869. The van der Waals surface area contributed by atoms with Crippen LogP contribution in [0.25, 0.3) is 0 Å². The first kappa shape index (κ1) is 15.0. The molecule has 0 unspecified atom stereocenters. The molecule has 0 heterocycles. The average molecular weight is 244 g/mol. The first-order chi connectivity index (χ1) is 6.99. The van der Waals surface area contributed by atoms with Crippen molar-refractivity contribution in [1.82, 2.24) is 0 Å². The van der Waals surface area contributed by atoms with Gasteiger partial charge in [0.1, 0.15) is 12.2 Å². The van der Waals surface area contributed by atoms with Gasteiger partial charge >= 0.3 is 7.60 Å². The molecule has 0 bridgehead atoms. The van der Waals surface area contributed by atoms with E-state index in [1.807, 2.05) is 0 Å². The number of rotatable bonds is 8. The van der Waals surface area contributed by atoms with Gasteiger partial charge in [-0.25, -0.2) is 0 Å². The van der Waals surface area contributed by atoms with E-state index in [1.165, 1.54) is 0 Å². The normalized spacial score (nSPS) is 12.7. The van der Waals surface area contributed by atoms with E-state index in [0.717, 1.165) is 6.66 Å². The standard InChI is InChI=1S/C7H17O7P/c1-15(12,13-6(2-8)3-9)14-7(4-10)5-11/h6-11H,2-5H2,1H3. The third-order valence-electron chi connectivity index (χ3n) is 1.50. The SMILES string of the molecule is CP(=O)(OC(CO)CO)OC(CO)CO. The van der Waals surface area contributed by atoms with E-state index < -0.39 is 46.2 Å². The van der Waals surface area contributed by atoms with Gasteiger partial charge in [0.15, 0.2) is 0 Å². The van der Waals surface area contributed by atoms with Crippen molar-refractivity contribution < 1.29 is 34.0 Å². The molecule has 0 aliphatic carbocycles. The van der Waals surface area contributed by atoms with Crippen molar-refractivity contribution in [3.63, 3.8) is 0 Å². The molecule has 0 rings (SSSR count). The summed E-state index contributed by atoms with van der Waals surface area (Å²) in [5.74, 6) is 0. The summed E-state index contributed by atoms with van der Waals surface area (Å²) in [6.07, 6.45) is -2.00. The minimum Gasteiger partial charge on any atom is -0.394 e. The van der Waals surface area contributed by atoms with E-state index in [9.17, 15) is 4.57 Å². The Kier molecular flexibility index (Phi) is 7.29. The van der Waals surface area contributed by atoms with E-state index in [1.54, 1.807) is 0 Å². The highest BCUT2D eigenvalue weighted by molar-refractivity contribution is 7.53. The lowest BCUT2D eigenvalue weighted by Crippen LogP contribution is -2.25. The lowest BCUT2D eigenvalue weighted by Gasteiger charge is -2.22. The second kappa shape index (κ2) is 7.29. The Balaban J connectivity index is 4.21. The summed E-state index contributed by atoms with van der Waals surface area (Å²) in [4.78, 5) is 0. The molecular formula is C7H17O7P. The highest BCUT2D eigenvalue weighted by Crippen LogP contribution is 2.46. The molecular weight excluding hydrogens is 227 g/mol. The number of hydrogen-bond acceptors (Lipinski definition) is 7. The molecule has 0 aromatic carbocycles. The first-order valence-electron chi connectivity index (χ1n) is 4.36. The van der Waals surface area contributed by atoms with Crippen molar-refractivity contribution in [1.29, 1.82) is 0 Å². The molecule has 92 valence electrons. The van der Waals surface area contributed by atoms with Gasteiger partial charge in [0.25, 0.3) is 0 Å². The second-order valence-corrected chi connectivity index (χ2v) is 4.92. The average Bonchev–Trinajstić information content (AvgIpc) is 2.22. The van der Waals surface area contributed by atoms with Crippen LogP contribution in [0.15, 0.2) is 0 Å². The molecule has 0 radical (unpaired) electrons. The van der Waals surface area contributed by atoms with Gasteiger partial charge < -0.3 is 29.5 Å². The fraction of sp³-hybridized carbons (Fsp3) is 1.00. The zero-order valence-corrected chi connectivity index (χ0v) is 9.34. The molecule has 0 spiro atoms. The fourth-order valence-electron chi connectivity index (χ4n) is 0.815. The Morgan fingerprint density at radius 1 is 0.933 bits per heavy atom. The van der Waals surface area contributed by atoms with Crippen molar-refractivity contribution in [2.45, 2.75) is 12.2 Å². The van der Waals surface area contributed by atoms with Crippen LogP contribution in [0.5, 0.6) is 0 Å². The van der Waals surface area contributed by atoms with Crippen molar-refractivity contribution in [2.24, 2.45) is 0 Å². The summed E-state index contributed by atoms with van der Waals surface area (Å²) >= 11 is 0. The zero-order chi connectivity index (χ0) is 11.9. The number of hydrogen-bond donors (Lipinski definition) is 4. The van der Waals surface area contributed by atoms with Crippen LogP contribution in [0.2, 0.25) is 0 Å². The maximum absolute atomic E-state index is 11.6. The maximum atomic E-state index is 11.6. The summed E-state index contributed by atoms with van der Waals surface area (Å²) in [6, 6.07) is 0. The van der Waals surface area contributed by atoms with Gasteiger partial charge in [-0.2, -0.15) is 0 Å². The van der Waals surface area contributed by atoms with Crippen LogP contribution in [0.1, 0.15) is 0 Å². The molecule has 0 saturated heterocycles. The maximum Gasteiger partial charge on any atom is 0.328 e. The van der Waals surface area contributed by atoms with Crippen LogP contribution in [-0.2, 0) is 13.6 Å². The molecule has 0 atom stereocenters. The van der Waals surface area contributed by atoms with Crippen molar-refractivity contribution >= 4 is 7.60 Å². The third-order valence-corrected chi connectivity index (χ3v) is 2.86. The van der Waals surface area contributed by atoms with Gasteiger partial charge in [-0.05, 0) is 0 Å². The smallest absolute Gasteiger partial charge is 0.328 e. The monoisotopic (exact) mass is 244 g/mol. The number of aliphatic hydroxyl groups excluding tert-OH is 4. The molecule has 7 nitrogen and oxygen atoms in total. The van der Waals surface area contributed by atoms with Crippen LogP contribution < -0.4 is 0 Å². The molecule has 4 N–H and O–H groups in total. The fourth-order valence-corrected chi connectivity index (χ4v) is 2.21. The first-order valence-corrected chi connectivity index (χ1v) is 6.35. The predicted molar refractivity (Wildman–Crippen MR) is 51.6 cm³/mol. The van der Waals surface area contributed by atoms with E-state index in [2.05, 4.69) is 0 Å². The second-order valence-electron chi connectivity index (χ2n) is 2.96. The molecule has 0 aliphatic rings. The highest BCUT2D eigenvalue weighted by atomic mass is 31.2. The van der Waals surface area contributed by atoms with Crippen molar-refractivity contribution in [3.05, 3.63) is 0 Å². The largest absolute Gasteiger partial charge is 0.394 e. The minimum absolute atomic E-state index is 0.499. The summed E-state index contributed by atoms with van der Waals surface area (Å²) < 4.78 is 21.1. The van der Waals surface area contributed by atoms with Gasteiger partial charge in [-0.3, -0.25) is 4.57 Å². The highest BCUT2D eigenvalue weighted by Gasteiger charge is 2.26. The topological polar surface area (TPSA) is 116 Å². The van der Waals surface area contributed by atoms with Crippen LogP contribution in [-0.4, -0.2) is 65.7 Å². The Bertz CT molecular complexity index is 184. The van der Waals surface area contributed by atoms with Gasteiger partial charge in [0.2, 0.25) is 0 Å². The minimum atomic E-state index is -3.51. The van der Waals surface area contributed by atoms with Crippen molar-refractivity contribution in [3.8, 4) is 0 Å². The molecule has 15 heavy (non-hydrogen) atoms. The molecule has 0 aromatic heterocycles. The van der Waals surface area contributed by atoms with E-state index in [-0.39, 0.29) is 0 Å². The molecule has 0 amide bonds. The quantitative estimate of drug-likeness (QED) is 0.386. The van der Waals surface area contributed by atoms with Gasteiger partial charge in [-0.15, -0.1) is 0 Å². The van der Waals surface area contributed by atoms with E-state index in [4.69, 9.17) is 29.5 Å². The molecule has 0 saturated carbocycles. The summed E-state index contributed by atoms with van der Waals surface area (Å²) in [5, 5.41) is 34.7. The van der Waals surface area contributed by atoms with Crippen molar-refractivity contribution in [2.75, 3.05) is 33.1 Å². The summed E-state index contributed by atoms with van der Waals surface area (Å²) in [7, 11) is -3.51. The van der Waals surface area contributed by atoms with Gasteiger partial charge in [-0.1, -0.05) is 0 Å². The zero-order valence-electron chi connectivity index (χ0n) is 8.44. The van der Waals surface area contributed by atoms with Crippen LogP contribution in [0, 0.1) is 0 Å². The molecule has 8 heteroatoms. The van der Waals surface area contributed by atoms with Crippen LogP contribution in [0.3, 0.4) is 0 Å². The van der Waals surface area contributed by atoms with E-state index >= 15 is 0 Å². The Morgan fingerprint density at radius 3 is 1.40 bits per heavy atom. The summed E-state index contributed by atoms with van der Waals surface area (Å²) in [5.41, 5.74) is 0. The predicted octanol–water partition coefficient (Wildman–Crippen LogP) is -1.45. The Hall–Kier alpha value is -0.0100.